The van der Waals surface area contributed by atoms with Crippen molar-refractivity contribution in [2.45, 2.75) is 17.6 Å². The highest BCUT2D eigenvalue weighted by atomic mass is 32.2. The van der Waals surface area contributed by atoms with Gasteiger partial charge in [-0.1, -0.05) is 30.3 Å². The summed E-state index contributed by atoms with van der Waals surface area (Å²) in [6.07, 6.45) is 0. The molecule has 0 saturated heterocycles. The smallest absolute Gasteiger partial charge is 0.182 e. The molecule has 2 rings (SSSR count). The van der Waals surface area contributed by atoms with Crippen molar-refractivity contribution in [1.29, 1.82) is 0 Å². The summed E-state index contributed by atoms with van der Waals surface area (Å²) in [5.41, 5.74) is 0.568. The molecule has 0 bridgehead atoms. The van der Waals surface area contributed by atoms with E-state index < -0.39 is 21.4 Å². The number of benzene rings is 2. The van der Waals surface area contributed by atoms with Gasteiger partial charge in [-0.2, -0.15) is 0 Å². The van der Waals surface area contributed by atoms with Gasteiger partial charge in [0, 0.05) is 11.1 Å². The Labute approximate surface area is 117 Å². The number of Topliss-reactive ketones (excluding diaryl/α,β-unsaturated/α-hetero) is 1. The monoisotopic (exact) mass is 292 g/mol. The van der Waals surface area contributed by atoms with Gasteiger partial charge in [-0.05, 0) is 25.1 Å². The number of carbonyl (C=O) groups excluding carboxylic acids is 1. The number of sulfone groups is 1. The Kier molecular flexibility index (Phi) is 3.99. The normalized spacial score (nSPS) is 11.3. The Balaban J connectivity index is 2.31. The molecule has 3 nitrogen and oxygen atoms in total. The predicted octanol–water partition coefficient (Wildman–Crippen LogP) is 3.00. The van der Waals surface area contributed by atoms with E-state index in [0.717, 1.165) is 0 Å². The fraction of sp³-hybridized carbons (Fsp3) is 0.133. The van der Waals surface area contributed by atoms with E-state index in [1.807, 2.05) is 0 Å². The van der Waals surface area contributed by atoms with Gasteiger partial charge < -0.3 is 0 Å². The first kappa shape index (κ1) is 14.4. The van der Waals surface area contributed by atoms with Crippen molar-refractivity contribution >= 4 is 15.6 Å². The van der Waals surface area contributed by atoms with E-state index in [1.54, 1.807) is 6.07 Å². The highest BCUT2D eigenvalue weighted by molar-refractivity contribution is 7.90. The number of ketones is 1. The molecule has 0 aliphatic carbocycles. The number of carbonyl (C=O) groups is 1. The maximum atomic E-state index is 13.5. The lowest BCUT2D eigenvalue weighted by Crippen LogP contribution is -2.07. The molecule has 2 aromatic carbocycles. The summed E-state index contributed by atoms with van der Waals surface area (Å²) in [6, 6.07) is 11.4. The summed E-state index contributed by atoms with van der Waals surface area (Å²) in [5.74, 6) is -1.08. The van der Waals surface area contributed by atoms with Gasteiger partial charge in [0.2, 0.25) is 0 Å². The van der Waals surface area contributed by atoms with Crippen LogP contribution in [0.3, 0.4) is 0 Å². The Bertz CT molecular complexity index is 734. The van der Waals surface area contributed by atoms with E-state index in [2.05, 4.69) is 0 Å². The topological polar surface area (TPSA) is 51.2 Å². The SMILES string of the molecule is CC(=O)c1ccc(S(=O)(=O)Cc2ccccc2F)cc1. The van der Waals surface area contributed by atoms with E-state index in [0.29, 0.717) is 5.56 Å². The molecular formula is C15H13FO3S. The second-order valence-electron chi connectivity index (χ2n) is 4.43. The summed E-state index contributed by atoms with van der Waals surface area (Å²) >= 11 is 0. The number of hydrogen-bond donors (Lipinski definition) is 0. The van der Waals surface area contributed by atoms with Crippen molar-refractivity contribution in [3.8, 4) is 0 Å². The highest BCUT2D eigenvalue weighted by Crippen LogP contribution is 2.19. The second-order valence-corrected chi connectivity index (χ2v) is 6.42. The molecule has 0 aliphatic rings. The Morgan fingerprint density at radius 2 is 1.65 bits per heavy atom. The predicted molar refractivity (Wildman–Crippen MR) is 73.7 cm³/mol. The zero-order valence-electron chi connectivity index (χ0n) is 10.8. The first-order chi connectivity index (χ1) is 9.40. The van der Waals surface area contributed by atoms with Crippen molar-refractivity contribution in [1.82, 2.24) is 0 Å². The first-order valence-corrected chi connectivity index (χ1v) is 7.62. The molecule has 104 valence electrons. The lowest BCUT2D eigenvalue weighted by atomic mass is 10.2. The molecule has 20 heavy (non-hydrogen) atoms. The average Bonchev–Trinajstić information content (AvgIpc) is 2.41. The van der Waals surface area contributed by atoms with Crippen molar-refractivity contribution in [2.24, 2.45) is 0 Å². The van der Waals surface area contributed by atoms with E-state index in [4.69, 9.17) is 0 Å². The molecule has 0 amide bonds. The molecule has 0 spiro atoms. The van der Waals surface area contributed by atoms with E-state index in [9.17, 15) is 17.6 Å². The van der Waals surface area contributed by atoms with Crippen LogP contribution < -0.4 is 0 Å². The largest absolute Gasteiger partial charge is 0.295 e. The van der Waals surface area contributed by atoms with Gasteiger partial charge in [0.05, 0.1) is 10.6 Å². The van der Waals surface area contributed by atoms with Gasteiger partial charge in [-0.3, -0.25) is 4.79 Å². The molecule has 0 heterocycles. The fourth-order valence-corrected chi connectivity index (χ4v) is 3.16. The molecule has 0 radical (unpaired) electrons. The van der Waals surface area contributed by atoms with Crippen molar-refractivity contribution in [2.75, 3.05) is 0 Å². The Hall–Kier alpha value is -2.01. The van der Waals surface area contributed by atoms with Gasteiger partial charge in [0.1, 0.15) is 5.82 Å². The lowest BCUT2D eigenvalue weighted by Gasteiger charge is -2.06. The molecule has 0 unspecified atom stereocenters. The molecule has 0 fully saturated rings. The quantitative estimate of drug-likeness (QED) is 0.814. The van der Waals surface area contributed by atoms with Gasteiger partial charge in [-0.25, -0.2) is 12.8 Å². The molecule has 0 atom stereocenters. The molecule has 0 saturated carbocycles. The second kappa shape index (κ2) is 5.54. The van der Waals surface area contributed by atoms with Crippen LogP contribution in [0.1, 0.15) is 22.8 Å². The van der Waals surface area contributed by atoms with Crippen molar-refractivity contribution < 1.29 is 17.6 Å². The van der Waals surface area contributed by atoms with Crippen LogP contribution in [-0.2, 0) is 15.6 Å². The summed E-state index contributed by atoms with van der Waals surface area (Å²) in [4.78, 5) is 11.2. The minimum atomic E-state index is -3.63. The van der Waals surface area contributed by atoms with Crippen LogP contribution in [0.2, 0.25) is 0 Å². The average molecular weight is 292 g/mol. The Morgan fingerprint density at radius 1 is 1.05 bits per heavy atom. The van der Waals surface area contributed by atoms with Gasteiger partial charge in [0.15, 0.2) is 15.6 Å². The van der Waals surface area contributed by atoms with E-state index in [1.165, 1.54) is 49.4 Å². The summed E-state index contributed by atoms with van der Waals surface area (Å²) in [7, 11) is -3.63. The van der Waals surface area contributed by atoms with E-state index >= 15 is 0 Å². The summed E-state index contributed by atoms with van der Waals surface area (Å²) in [5, 5.41) is 0. The van der Waals surface area contributed by atoms with E-state index in [-0.39, 0.29) is 16.2 Å². The van der Waals surface area contributed by atoms with Crippen molar-refractivity contribution in [3.63, 3.8) is 0 Å². The molecule has 0 aliphatic heterocycles. The third-order valence-corrected chi connectivity index (χ3v) is 4.60. The standard InChI is InChI=1S/C15H13FO3S/c1-11(17)12-6-8-14(9-7-12)20(18,19)10-13-4-2-3-5-15(13)16/h2-9H,10H2,1H3. The summed E-state index contributed by atoms with van der Waals surface area (Å²) < 4.78 is 37.9. The molecule has 0 N–H and O–H groups in total. The van der Waals surface area contributed by atoms with Crippen LogP contribution in [-0.4, -0.2) is 14.2 Å². The van der Waals surface area contributed by atoms with Crippen LogP contribution in [0.5, 0.6) is 0 Å². The van der Waals surface area contributed by atoms with Crippen LogP contribution in [0.4, 0.5) is 4.39 Å². The molecule has 0 aromatic heterocycles. The minimum absolute atomic E-state index is 0.0748. The highest BCUT2D eigenvalue weighted by Gasteiger charge is 2.17. The zero-order valence-corrected chi connectivity index (χ0v) is 11.7. The maximum Gasteiger partial charge on any atom is 0.182 e. The maximum absolute atomic E-state index is 13.5. The van der Waals surface area contributed by atoms with Crippen molar-refractivity contribution in [3.05, 3.63) is 65.5 Å². The van der Waals surface area contributed by atoms with Gasteiger partial charge >= 0.3 is 0 Å². The third-order valence-electron chi connectivity index (χ3n) is 2.92. The summed E-state index contributed by atoms with van der Waals surface area (Å²) in [6.45, 7) is 1.41. The molecule has 2 aromatic rings. The van der Waals surface area contributed by atoms with Crippen LogP contribution >= 0.6 is 0 Å². The fourth-order valence-electron chi connectivity index (χ4n) is 1.80. The first-order valence-electron chi connectivity index (χ1n) is 5.97. The van der Waals surface area contributed by atoms with Crippen LogP contribution in [0.25, 0.3) is 0 Å². The third kappa shape index (κ3) is 3.11. The van der Waals surface area contributed by atoms with Gasteiger partial charge in [-0.15, -0.1) is 0 Å². The minimum Gasteiger partial charge on any atom is -0.295 e. The molecule has 5 heteroatoms. The van der Waals surface area contributed by atoms with Crippen LogP contribution in [0.15, 0.2) is 53.4 Å². The number of rotatable bonds is 4. The Morgan fingerprint density at radius 3 is 2.20 bits per heavy atom. The lowest BCUT2D eigenvalue weighted by molar-refractivity contribution is 0.101. The van der Waals surface area contributed by atoms with Gasteiger partial charge in [0.25, 0.3) is 0 Å². The number of halogens is 1. The zero-order chi connectivity index (χ0) is 14.8. The molecular weight excluding hydrogens is 279 g/mol. The number of hydrogen-bond acceptors (Lipinski definition) is 3. The van der Waals surface area contributed by atoms with Crippen LogP contribution in [0, 0.1) is 5.82 Å².